The first-order valence-electron chi connectivity index (χ1n) is 6.23. The van der Waals surface area contributed by atoms with Crippen molar-refractivity contribution in [3.05, 3.63) is 55.8 Å². The van der Waals surface area contributed by atoms with Crippen LogP contribution in [0.25, 0.3) is 0 Å². The molecule has 3 aliphatic rings. The standard InChI is InChI=1S/C15H14NO3.CH3.U/c1-10(11(2)17)12-9-16-8-4-3-5-13(16)15(12)7-6-14(18)19-15;;/h3-6,8-10,13H,1-2H3;1H3;/q2*-1;+2. The molecule has 3 rings (SSSR count). The molecule has 0 saturated carbocycles. The van der Waals surface area contributed by atoms with Crippen LogP contribution in [0.3, 0.4) is 0 Å². The monoisotopic (exact) mass is 509 g/mol. The summed E-state index contributed by atoms with van der Waals surface area (Å²) in [5.41, 5.74) is -0.174. The minimum atomic E-state index is -0.955. The van der Waals surface area contributed by atoms with Crippen LogP contribution < -0.4 is 0 Å². The molecule has 0 aromatic heterocycles. The molecule has 0 saturated heterocycles. The second-order valence-electron chi connectivity index (χ2n) is 4.98. The summed E-state index contributed by atoms with van der Waals surface area (Å²) in [6, 6.07) is -0.156. The Balaban J connectivity index is 0.00000110. The molecule has 0 amide bonds. The minimum Gasteiger partial charge on any atom is -0.548 e. The number of allylic oxidation sites excluding steroid dienone is 2. The molecule has 0 N–H and O–H groups in total. The first-order valence-corrected chi connectivity index (χ1v) is 6.23. The zero-order valence-corrected chi connectivity index (χ0v) is 16.5. The maximum Gasteiger partial charge on any atom is 2.00 e. The van der Waals surface area contributed by atoms with E-state index < -0.39 is 11.6 Å². The maximum absolute atomic E-state index is 11.7. The summed E-state index contributed by atoms with van der Waals surface area (Å²) in [6.45, 7) is 3.37. The van der Waals surface area contributed by atoms with Crippen molar-refractivity contribution in [2.24, 2.45) is 5.92 Å². The number of rotatable bonds is 2. The van der Waals surface area contributed by atoms with Gasteiger partial charge in [-0.1, -0.05) is 19.1 Å². The Labute approximate surface area is 149 Å². The Kier molecular flexibility index (Phi) is 5.47. The molecule has 21 heavy (non-hydrogen) atoms. The van der Waals surface area contributed by atoms with Gasteiger partial charge in [0.25, 0.3) is 0 Å². The molecule has 3 atom stereocenters. The Bertz CT molecular complexity index is 576. The van der Waals surface area contributed by atoms with Gasteiger partial charge in [-0.3, -0.25) is 4.79 Å². The molecule has 1 spiro atoms. The van der Waals surface area contributed by atoms with Crippen molar-refractivity contribution in [1.82, 2.24) is 4.90 Å². The number of ether oxygens (including phenoxy) is 1. The summed E-state index contributed by atoms with van der Waals surface area (Å²) in [6.07, 6.45) is 13.9. The third-order valence-electron chi connectivity index (χ3n) is 3.86. The normalized spacial score (nSPS) is 29.4. The van der Waals surface area contributed by atoms with E-state index in [-0.39, 0.29) is 56.3 Å². The molecular formula is C16H17NO3U. The van der Waals surface area contributed by atoms with Gasteiger partial charge in [-0.25, -0.2) is 6.08 Å². The predicted octanol–water partition coefficient (Wildman–Crippen LogP) is 1.97. The molecule has 0 bridgehead atoms. The maximum atomic E-state index is 11.7. The van der Waals surface area contributed by atoms with E-state index in [0.29, 0.717) is 0 Å². The Hall–Kier alpha value is -1.05. The zero-order valence-electron chi connectivity index (χ0n) is 12.3. The van der Waals surface area contributed by atoms with Crippen LogP contribution in [0.5, 0.6) is 0 Å². The van der Waals surface area contributed by atoms with Crippen LogP contribution >= 0.6 is 0 Å². The molecular weight excluding hydrogens is 492 g/mol. The van der Waals surface area contributed by atoms with Crippen LogP contribution in [-0.4, -0.2) is 28.3 Å². The second kappa shape index (κ2) is 6.38. The molecule has 0 radical (unpaired) electrons. The third-order valence-corrected chi connectivity index (χ3v) is 3.86. The van der Waals surface area contributed by atoms with Crippen LogP contribution in [0.1, 0.15) is 13.8 Å². The number of Topliss-reactive ketones (excluding diaryl/α,β-unsaturated/α-hetero) is 1. The molecule has 108 valence electrons. The number of esters is 1. The van der Waals surface area contributed by atoms with Gasteiger partial charge in [0.15, 0.2) is 5.97 Å². The van der Waals surface area contributed by atoms with Crippen molar-refractivity contribution in [2.45, 2.75) is 25.5 Å². The second-order valence-corrected chi connectivity index (χ2v) is 4.98. The number of hydrogen-bond acceptors (Lipinski definition) is 4. The fourth-order valence-corrected chi connectivity index (χ4v) is 2.73. The summed E-state index contributed by atoms with van der Waals surface area (Å²) in [5, 5.41) is 0. The van der Waals surface area contributed by atoms with Gasteiger partial charge in [0, 0.05) is 18.3 Å². The van der Waals surface area contributed by atoms with Gasteiger partial charge in [0.2, 0.25) is 0 Å². The molecule has 0 fully saturated rings. The summed E-state index contributed by atoms with van der Waals surface area (Å²) in [4.78, 5) is 25.1. The van der Waals surface area contributed by atoms with Crippen molar-refractivity contribution >= 4 is 11.8 Å². The summed E-state index contributed by atoms with van der Waals surface area (Å²) < 4.78 is 5.51. The van der Waals surface area contributed by atoms with E-state index in [1.54, 1.807) is 6.92 Å². The molecule has 3 unspecified atom stereocenters. The molecule has 5 heteroatoms. The van der Waals surface area contributed by atoms with Crippen molar-refractivity contribution < 1.29 is 45.4 Å². The van der Waals surface area contributed by atoms with Crippen LogP contribution in [0.4, 0.5) is 0 Å². The Morgan fingerprint density at radius 1 is 1.48 bits per heavy atom. The van der Waals surface area contributed by atoms with Crippen LogP contribution in [0.2, 0.25) is 0 Å². The molecule has 3 aliphatic heterocycles. The number of carbonyl (C=O) groups is 2. The van der Waals surface area contributed by atoms with E-state index in [9.17, 15) is 9.59 Å². The van der Waals surface area contributed by atoms with Crippen molar-refractivity contribution in [1.29, 1.82) is 0 Å². The molecule has 3 heterocycles. The van der Waals surface area contributed by atoms with E-state index in [2.05, 4.69) is 6.08 Å². The topological polar surface area (TPSA) is 46.6 Å². The fourth-order valence-electron chi connectivity index (χ4n) is 2.73. The van der Waals surface area contributed by atoms with Crippen molar-refractivity contribution in [2.75, 3.05) is 0 Å². The van der Waals surface area contributed by atoms with Gasteiger partial charge >= 0.3 is 31.1 Å². The van der Waals surface area contributed by atoms with E-state index in [1.807, 2.05) is 42.5 Å². The van der Waals surface area contributed by atoms with Gasteiger partial charge < -0.3 is 21.9 Å². The SMILES string of the molecule is CC(=O)C(C)C1=CN2C=CC=CC2C12[C-]=CC(=O)O2.[CH3-].[U+2]. The first-order chi connectivity index (χ1) is 9.04. The van der Waals surface area contributed by atoms with Crippen LogP contribution in [0, 0.1) is 50.5 Å². The summed E-state index contributed by atoms with van der Waals surface area (Å²) in [7, 11) is 0. The fraction of sp³-hybridized carbons (Fsp3) is 0.312. The molecule has 0 aromatic rings. The summed E-state index contributed by atoms with van der Waals surface area (Å²) >= 11 is 0. The predicted molar refractivity (Wildman–Crippen MR) is 74.9 cm³/mol. The molecule has 0 aliphatic carbocycles. The zero-order chi connectivity index (χ0) is 13.6. The summed E-state index contributed by atoms with van der Waals surface area (Å²) in [5.74, 6) is -0.672. The van der Waals surface area contributed by atoms with Crippen LogP contribution in [-0.2, 0) is 14.3 Å². The Morgan fingerprint density at radius 2 is 2.19 bits per heavy atom. The first kappa shape index (κ1) is 18.0. The number of carbonyl (C=O) groups excluding carboxylic acids is 2. The number of ketones is 1. The van der Waals surface area contributed by atoms with Gasteiger partial charge in [-0.2, -0.15) is 6.08 Å². The largest absolute Gasteiger partial charge is 2.00 e. The quantitative estimate of drug-likeness (QED) is 0.422. The van der Waals surface area contributed by atoms with E-state index in [1.165, 1.54) is 6.08 Å². The van der Waals surface area contributed by atoms with Gasteiger partial charge in [-0.05, 0) is 18.6 Å². The van der Waals surface area contributed by atoms with Gasteiger partial charge in [0.1, 0.15) is 5.78 Å². The van der Waals surface area contributed by atoms with Crippen molar-refractivity contribution in [3.63, 3.8) is 0 Å². The smallest absolute Gasteiger partial charge is 0.548 e. The number of nitrogens with zero attached hydrogens (tertiary/aromatic N) is 1. The van der Waals surface area contributed by atoms with E-state index in [4.69, 9.17) is 4.74 Å². The Morgan fingerprint density at radius 3 is 2.76 bits per heavy atom. The van der Waals surface area contributed by atoms with E-state index >= 15 is 0 Å². The number of hydrogen-bond donors (Lipinski definition) is 0. The van der Waals surface area contributed by atoms with Gasteiger partial charge in [-0.15, -0.1) is 0 Å². The number of fused-ring (bicyclic) bond motifs is 2. The third kappa shape index (κ3) is 2.70. The molecule has 0 aromatic carbocycles. The van der Waals surface area contributed by atoms with Crippen molar-refractivity contribution in [3.8, 4) is 0 Å². The average molecular weight is 509 g/mol. The van der Waals surface area contributed by atoms with Gasteiger partial charge in [0.05, 0.1) is 11.6 Å². The average Bonchev–Trinajstić information content (AvgIpc) is 2.92. The van der Waals surface area contributed by atoms with Crippen LogP contribution in [0.15, 0.2) is 42.3 Å². The minimum absolute atomic E-state index is 0. The van der Waals surface area contributed by atoms with E-state index in [0.717, 1.165) is 5.57 Å². The molecule has 4 nitrogen and oxygen atoms in total.